The average molecular weight is 195 g/mol. The molecule has 3 unspecified atom stereocenters. The van der Waals surface area contributed by atoms with Crippen molar-refractivity contribution in [3.05, 3.63) is 0 Å². The van der Waals surface area contributed by atoms with Gasteiger partial charge in [-0.3, -0.25) is 0 Å². The smallest absolute Gasteiger partial charge is 0.0129 e. The Kier molecular flexibility index (Phi) is 3.16. The summed E-state index contributed by atoms with van der Waals surface area (Å²) in [4.78, 5) is 0. The van der Waals surface area contributed by atoms with Gasteiger partial charge in [0.2, 0.25) is 0 Å². The topological polar surface area (TPSA) is 12.0 Å². The van der Waals surface area contributed by atoms with Crippen molar-refractivity contribution in [1.29, 1.82) is 0 Å². The van der Waals surface area contributed by atoms with Gasteiger partial charge in [0.1, 0.15) is 0 Å². The highest BCUT2D eigenvalue weighted by atomic mass is 15.0. The van der Waals surface area contributed by atoms with Crippen LogP contribution in [0.15, 0.2) is 0 Å². The van der Waals surface area contributed by atoms with Gasteiger partial charge in [-0.1, -0.05) is 26.7 Å². The highest BCUT2D eigenvalue weighted by Gasteiger charge is 2.55. The molecular weight excluding hydrogens is 170 g/mol. The minimum absolute atomic E-state index is 0.802. The van der Waals surface area contributed by atoms with Crippen LogP contribution in [-0.2, 0) is 0 Å². The Morgan fingerprint density at radius 3 is 2.57 bits per heavy atom. The molecular formula is C13H25N. The van der Waals surface area contributed by atoms with Crippen molar-refractivity contribution in [3.63, 3.8) is 0 Å². The second-order valence-corrected chi connectivity index (χ2v) is 5.02. The lowest BCUT2D eigenvalue weighted by atomic mass is 9.48. The van der Waals surface area contributed by atoms with Gasteiger partial charge in [-0.05, 0) is 50.0 Å². The molecule has 0 aromatic rings. The molecule has 2 aliphatic carbocycles. The maximum atomic E-state index is 3.71. The molecule has 1 heterocycles. The van der Waals surface area contributed by atoms with Crippen LogP contribution < -0.4 is 5.32 Å². The van der Waals surface area contributed by atoms with Gasteiger partial charge in [0.25, 0.3) is 0 Å². The van der Waals surface area contributed by atoms with E-state index in [1.807, 2.05) is 13.8 Å². The van der Waals surface area contributed by atoms with E-state index in [1.54, 1.807) is 0 Å². The van der Waals surface area contributed by atoms with Crippen molar-refractivity contribution in [2.75, 3.05) is 6.54 Å². The van der Waals surface area contributed by atoms with Gasteiger partial charge >= 0.3 is 0 Å². The zero-order valence-electron chi connectivity index (χ0n) is 9.81. The molecule has 3 fully saturated rings. The minimum Gasteiger partial charge on any atom is -0.313 e. The molecule has 3 rings (SSSR count). The Morgan fingerprint density at radius 2 is 1.86 bits per heavy atom. The lowest BCUT2D eigenvalue weighted by Crippen LogP contribution is -2.63. The molecule has 0 aromatic heterocycles. The number of nitrogens with one attached hydrogen (secondary N) is 1. The molecule has 1 heteroatoms. The van der Waals surface area contributed by atoms with E-state index < -0.39 is 0 Å². The molecule has 1 spiro atoms. The quantitative estimate of drug-likeness (QED) is 0.625. The molecule has 1 aliphatic heterocycles. The monoisotopic (exact) mass is 195 g/mol. The maximum absolute atomic E-state index is 3.71. The van der Waals surface area contributed by atoms with Crippen molar-refractivity contribution in [2.24, 2.45) is 11.3 Å². The number of rotatable bonds is 0. The summed E-state index contributed by atoms with van der Waals surface area (Å²) in [6.07, 6.45) is 10.6. The van der Waals surface area contributed by atoms with Crippen molar-refractivity contribution in [2.45, 2.75) is 64.8 Å². The maximum Gasteiger partial charge on any atom is 0.0129 e. The van der Waals surface area contributed by atoms with Crippen LogP contribution in [0.3, 0.4) is 0 Å². The molecule has 1 nitrogen and oxygen atoms in total. The zero-order chi connectivity index (χ0) is 10.0. The average Bonchev–Trinajstić information content (AvgIpc) is 2.20. The summed E-state index contributed by atoms with van der Waals surface area (Å²) in [6.45, 7) is 5.29. The van der Waals surface area contributed by atoms with Crippen LogP contribution >= 0.6 is 0 Å². The Morgan fingerprint density at radius 1 is 1.07 bits per heavy atom. The molecule has 1 N–H and O–H groups in total. The fourth-order valence-corrected chi connectivity index (χ4v) is 3.99. The van der Waals surface area contributed by atoms with E-state index in [-0.39, 0.29) is 0 Å². The lowest BCUT2D eigenvalue weighted by Gasteiger charge is -2.61. The molecule has 82 valence electrons. The van der Waals surface area contributed by atoms with Crippen molar-refractivity contribution >= 4 is 0 Å². The number of hydrogen-bond acceptors (Lipinski definition) is 1. The van der Waals surface area contributed by atoms with E-state index in [2.05, 4.69) is 5.32 Å². The molecule has 0 radical (unpaired) electrons. The third kappa shape index (κ3) is 1.41. The predicted octanol–water partition coefficient (Wildman–Crippen LogP) is 3.34. The molecule has 3 atom stereocenters. The van der Waals surface area contributed by atoms with Crippen LogP contribution in [0, 0.1) is 11.3 Å². The zero-order valence-corrected chi connectivity index (χ0v) is 9.81. The summed E-state index contributed by atoms with van der Waals surface area (Å²) in [5, 5.41) is 3.71. The van der Waals surface area contributed by atoms with E-state index in [0.29, 0.717) is 0 Å². The van der Waals surface area contributed by atoms with Gasteiger partial charge in [0.05, 0.1) is 0 Å². The fourth-order valence-electron chi connectivity index (χ4n) is 3.99. The van der Waals surface area contributed by atoms with Gasteiger partial charge in [0.15, 0.2) is 0 Å². The normalized spacial score (nSPS) is 45.0. The lowest BCUT2D eigenvalue weighted by molar-refractivity contribution is -0.0805. The predicted molar refractivity (Wildman–Crippen MR) is 61.4 cm³/mol. The van der Waals surface area contributed by atoms with Crippen LogP contribution in [0.25, 0.3) is 0 Å². The summed E-state index contributed by atoms with van der Waals surface area (Å²) >= 11 is 0. The molecule has 0 amide bonds. The highest BCUT2D eigenvalue weighted by Crippen LogP contribution is 2.59. The van der Waals surface area contributed by atoms with E-state index >= 15 is 0 Å². The summed E-state index contributed by atoms with van der Waals surface area (Å²) in [5.41, 5.74) is 0.802. The number of piperidine rings is 1. The Balaban J connectivity index is 0.000000354. The van der Waals surface area contributed by atoms with Crippen LogP contribution in [0.4, 0.5) is 0 Å². The fraction of sp³-hybridized carbons (Fsp3) is 1.00. The van der Waals surface area contributed by atoms with Crippen LogP contribution in [0.1, 0.15) is 58.8 Å². The molecule has 0 bridgehead atoms. The van der Waals surface area contributed by atoms with E-state index in [1.165, 1.54) is 51.5 Å². The van der Waals surface area contributed by atoms with Crippen LogP contribution in [-0.4, -0.2) is 12.6 Å². The van der Waals surface area contributed by atoms with Crippen molar-refractivity contribution in [3.8, 4) is 0 Å². The summed E-state index contributed by atoms with van der Waals surface area (Å²) in [7, 11) is 0. The van der Waals surface area contributed by atoms with E-state index in [0.717, 1.165) is 17.4 Å². The SMILES string of the molecule is C1CCC23CCCNC2CC3C1.CC. The van der Waals surface area contributed by atoms with Crippen molar-refractivity contribution < 1.29 is 0 Å². The first-order valence-electron chi connectivity index (χ1n) is 6.65. The second kappa shape index (κ2) is 4.22. The minimum atomic E-state index is 0.802. The van der Waals surface area contributed by atoms with Crippen LogP contribution in [0.5, 0.6) is 0 Å². The standard InChI is InChI=1S/C11H19N.C2H6/c1-2-5-11-6-3-7-12-10(11)8-9(11)4-1;1-2/h9-10,12H,1-8H2;1-2H3. The van der Waals surface area contributed by atoms with Crippen molar-refractivity contribution in [1.82, 2.24) is 5.32 Å². The van der Waals surface area contributed by atoms with Gasteiger partial charge in [-0.2, -0.15) is 0 Å². The van der Waals surface area contributed by atoms with Gasteiger partial charge in [-0.25, -0.2) is 0 Å². The van der Waals surface area contributed by atoms with E-state index in [4.69, 9.17) is 0 Å². The first kappa shape index (κ1) is 10.5. The third-order valence-electron chi connectivity index (χ3n) is 4.68. The molecule has 3 aliphatic rings. The second-order valence-electron chi connectivity index (χ2n) is 5.02. The summed E-state index contributed by atoms with van der Waals surface area (Å²) in [5.74, 6) is 1.11. The molecule has 2 saturated carbocycles. The largest absolute Gasteiger partial charge is 0.313 e. The van der Waals surface area contributed by atoms with Gasteiger partial charge < -0.3 is 5.32 Å². The molecule has 14 heavy (non-hydrogen) atoms. The Labute approximate surface area is 88.7 Å². The summed E-state index contributed by atoms with van der Waals surface area (Å²) in [6, 6.07) is 0.927. The highest BCUT2D eigenvalue weighted by molar-refractivity contribution is 5.09. The van der Waals surface area contributed by atoms with Crippen LogP contribution in [0.2, 0.25) is 0 Å². The molecule has 1 saturated heterocycles. The first-order chi connectivity index (χ1) is 6.92. The summed E-state index contributed by atoms with van der Waals surface area (Å²) < 4.78 is 0. The first-order valence-corrected chi connectivity index (χ1v) is 6.65. The van der Waals surface area contributed by atoms with Gasteiger partial charge in [-0.15, -0.1) is 0 Å². The third-order valence-corrected chi connectivity index (χ3v) is 4.68. The molecule has 0 aromatic carbocycles. The Bertz CT molecular complexity index is 168. The Hall–Kier alpha value is -0.0400. The van der Waals surface area contributed by atoms with E-state index in [9.17, 15) is 0 Å². The number of hydrogen-bond donors (Lipinski definition) is 1. The van der Waals surface area contributed by atoms with Gasteiger partial charge in [0, 0.05) is 6.04 Å².